The minimum Gasteiger partial charge on any atom is -0.497 e. The summed E-state index contributed by atoms with van der Waals surface area (Å²) in [6.07, 6.45) is 1.09. The molecule has 7 heteroatoms. The summed E-state index contributed by atoms with van der Waals surface area (Å²) in [6, 6.07) is 20.2. The number of aromatic nitrogens is 4. The minimum atomic E-state index is 0.928. The van der Waals surface area contributed by atoms with Gasteiger partial charge in [0.25, 0.3) is 0 Å². The number of benzene rings is 3. The smallest absolute Gasteiger partial charge is 0.118 e. The second kappa shape index (κ2) is 11.3. The zero-order valence-corrected chi connectivity index (χ0v) is 21.7. The van der Waals surface area contributed by atoms with Crippen LogP contribution >= 0.6 is 31.9 Å². The number of halogens is 2. The maximum atomic E-state index is 5.01. The van der Waals surface area contributed by atoms with Crippen LogP contribution in [0.2, 0.25) is 0 Å². The van der Waals surface area contributed by atoms with E-state index in [-0.39, 0.29) is 0 Å². The van der Waals surface area contributed by atoms with E-state index in [1.54, 1.807) is 7.11 Å². The van der Waals surface area contributed by atoms with E-state index in [9.17, 15) is 0 Å². The molecular weight excluding hydrogens is 532 g/mol. The standard InChI is InChI=1S/C9H12O.2C8H7BrN2/c1-3-8-4-6-9(10-2)7-5-8;2*1-5-7-4-6(9)2-3-8(7)11-10-5/h4-7H,3H2,1-2H3;2*2-4H,1H3,(H,10,11). The highest BCUT2D eigenvalue weighted by atomic mass is 79.9. The van der Waals surface area contributed by atoms with Crippen molar-refractivity contribution in [3.05, 3.63) is 86.6 Å². The number of ether oxygens (including phenoxy) is 1. The fourth-order valence-electron chi connectivity index (χ4n) is 3.08. The monoisotopic (exact) mass is 556 g/mol. The molecule has 0 aliphatic carbocycles. The van der Waals surface area contributed by atoms with Gasteiger partial charge < -0.3 is 4.74 Å². The summed E-state index contributed by atoms with van der Waals surface area (Å²) in [5, 5.41) is 16.5. The number of aryl methyl sites for hydroxylation is 3. The number of H-pyrrole nitrogens is 2. The molecule has 0 fully saturated rings. The Hall–Kier alpha value is -2.64. The molecule has 32 heavy (non-hydrogen) atoms. The van der Waals surface area contributed by atoms with Crippen molar-refractivity contribution in [3.63, 3.8) is 0 Å². The molecule has 0 saturated carbocycles. The van der Waals surface area contributed by atoms with Crippen molar-refractivity contribution in [2.24, 2.45) is 0 Å². The normalized spacial score (nSPS) is 10.3. The zero-order chi connectivity index (χ0) is 23.1. The molecule has 0 bridgehead atoms. The van der Waals surface area contributed by atoms with E-state index < -0.39 is 0 Å². The first-order chi connectivity index (χ1) is 15.4. The van der Waals surface area contributed by atoms with Gasteiger partial charge in [-0.2, -0.15) is 10.2 Å². The number of methoxy groups -OCH3 is 1. The Morgan fingerprint density at radius 3 is 1.62 bits per heavy atom. The van der Waals surface area contributed by atoms with E-state index in [0.29, 0.717) is 0 Å². The molecule has 0 aliphatic rings. The first-order valence-corrected chi connectivity index (χ1v) is 11.8. The summed E-state index contributed by atoms with van der Waals surface area (Å²) in [5.41, 5.74) is 5.61. The van der Waals surface area contributed by atoms with Crippen LogP contribution < -0.4 is 4.74 Å². The fourth-order valence-corrected chi connectivity index (χ4v) is 3.80. The van der Waals surface area contributed by atoms with Gasteiger partial charge >= 0.3 is 0 Å². The lowest BCUT2D eigenvalue weighted by Gasteiger charge is -1.99. The van der Waals surface area contributed by atoms with E-state index in [1.807, 2.05) is 50.2 Å². The highest BCUT2D eigenvalue weighted by Crippen LogP contribution is 2.20. The Kier molecular flexibility index (Phi) is 8.47. The Bertz CT molecular complexity index is 1190. The molecule has 0 unspecified atom stereocenters. The summed E-state index contributed by atoms with van der Waals surface area (Å²) < 4.78 is 7.20. The average molecular weight is 558 g/mol. The SMILES string of the molecule is CCc1ccc(OC)cc1.Cc1[nH]nc2ccc(Br)cc12.Cc1[nH]nc2ccc(Br)cc12. The molecule has 3 aromatic carbocycles. The zero-order valence-electron chi connectivity index (χ0n) is 18.5. The quantitative estimate of drug-likeness (QED) is 0.236. The van der Waals surface area contributed by atoms with E-state index >= 15 is 0 Å². The van der Waals surface area contributed by atoms with Gasteiger partial charge in [-0.15, -0.1) is 0 Å². The summed E-state index contributed by atoms with van der Waals surface area (Å²) in [7, 11) is 1.68. The van der Waals surface area contributed by atoms with E-state index in [2.05, 4.69) is 83.4 Å². The van der Waals surface area contributed by atoms with Crippen molar-refractivity contribution in [2.75, 3.05) is 7.11 Å². The second-order valence-corrected chi connectivity index (χ2v) is 9.05. The predicted molar refractivity (Wildman–Crippen MR) is 139 cm³/mol. The molecular formula is C25H26Br2N4O. The lowest BCUT2D eigenvalue weighted by Crippen LogP contribution is -1.83. The van der Waals surface area contributed by atoms with Gasteiger partial charge in [-0.25, -0.2) is 0 Å². The van der Waals surface area contributed by atoms with Gasteiger partial charge in [0.1, 0.15) is 5.75 Å². The van der Waals surface area contributed by atoms with E-state index in [1.165, 1.54) is 16.3 Å². The van der Waals surface area contributed by atoms with Crippen LogP contribution in [0, 0.1) is 13.8 Å². The summed E-state index contributed by atoms with van der Waals surface area (Å²) in [6.45, 7) is 6.17. The molecule has 5 nitrogen and oxygen atoms in total. The van der Waals surface area contributed by atoms with E-state index in [0.717, 1.165) is 43.5 Å². The van der Waals surface area contributed by atoms with Crippen molar-refractivity contribution >= 4 is 53.7 Å². The molecule has 0 aliphatic heterocycles. The number of fused-ring (bicyclic) bond motifs is 2. The topological polar surface area (TPSA) is 66.6 Å². The first-order valence-electron chi connectivity index (χ1n) is 10.2. The Balaban J connectivity index is 0.000000136. The van der Waals surface area contributed by atoms with Gasteiger partial charge in [-0.05, 0) is 74.4 Å². The van der Waals surface area contributed by atoms with Crippen molar-refractivity contribution < 1.29 is 4.74 Å². The number of nitrogens with zero attached hydrogens (tertiary/aromatic N) is 2. The minimum absolute atomic E-state index is 0.928. The molecule has 2 aromatic heterocycles. The van der Waals surface area contributed by atoms with Crippen LogP contribution in [0.25, 0.3) is 21.8 Å². The molecule has 166 valence electrons. The van der Waals surface area contributed by atoms with Gasteiger partial charge in [0.05, 0.1) is 18.1 Å². The van der Waals surface area contributed by atoms with Gasteiger partial charge in [0.15, 0.2) is 0 Å². The molecule has 2 N–H and O–H groups in total. The molecule has 5 aromatic rings. The number of aromatic amines is 2. The Morgan fingerprint density at radius 1 is 0.750 bits per heavy atom. The second-order valence-electron chi connectivity index (χ2n) is 7.22. The van der Waals surface area contributed by atoms with Crippen LogP contribution in [0.5, 0.6) is 5.75 Å². The van der Waals surface area contributed by atoms with Crippen LogP contribution in [-0.4, -0.2) is 27.5 Å². The van der Waals surface area contributed by atoms with Crippen LogP contribution in [0.3, 0.4) is 0 Å². The molecule has 0 amide bonds. The van der Waals surface area contributed by atoms with Crippen molar-refractivity contribution in [3.8, 4) is 5.75 Å². The van der Waals surface area contributed by atoms with Crippen LogP contribution in [-0.2, 0) is 6.42 Å². The first kappa shape index (κ1) is 24.0. The summed E-state index contributed by atoms with van der Waals surface area (Å²) in [4.78, 5) is 0. The third-order valence-electron chi connectivity index (χ3n) is 4.98. The highest BCUT2D eigenvalue weighted by molar-refractivity contribution is 9.10. The Morgan fingerprint density at radius 2 is 1.22 bits per heavy atom. The fraction of sp³-hybridized carbons (Fsp3) is 0.200. The van der Waals surface area contributed by atoms with Crippen molar-refractivity contribution in [1.29, 1.82) is 0 Å². The maximum absolute atomic E-state index is 5.01. The third kappa shape index (κ3) is 6.20. The Labute approximate surface area is 204 Å². The third-order valence-corrected chi connectivity index (χ3v) is 5.97. The van der Waals surface area contributed by atoms with Crippen LogP contribution in [0.4, 0.5) is 0 Å². The summed E-state index contributed by atoms with van der Waals surface area (Å²) in [5.74, 6) is 0.928. The number of nitrogens with one attached hydrogen (secondary N) is 2. The molecule has 0 saturated heterocycles. The van der Waals surface area contributed by atoms with Gasteiger partial charge in [0.2, 0.25) is 0 Å². The molecule has 0 spiro atoms. The van der Waals surface area contributed by atoms with Gasteiger partial charge in [-0.3, -0.25) is 10.2 Å². The molecule has 5 rings (SSSR count). The maximum Gasteiger partial charge on any atom is 0.118 e. The predicted octanol–water partition coefficient (Wildman–Crippen LogP) is 7.53. The largest absolute Gasteiger partial charge is 0.497 e. The molecule has 2 heterocycles. The van der Waals surface area contributed by atoms with Crippen LogP contribution in [0.15, 0.2) is 69.6 Å². The van der Waals surface area contributed by atoms with E-state index in [4.69, 9.17) is 4.74 Å². The van der Waals surface area contributed by atoms with Crippen LogP contribution in [0.1, 0.15) is 23.9 Å². The molecule has 0 radical (unpaired) electrons. The number of hydrogen-bond acceptors (Lipinski definition) is 3. The molecule has 0 atom stereocenters. The number of hydrogen-bond donors (Lipinski definition) is 2. The highest BCUT2D eigenvalue weighted by Gasteiger charge is 2.00. The van der Waals surface area contributed by atoms with Gasteiger partial charge in [0, 0.05) is 31.1 Å². The number of rotatable bonds is 2. The van der Waals surface area contributed by atoms with Crippen molar-refractivity contribution in [2.45, 2.75) is 27.2 Å². The van der Waals surface area contributed by atoms with Gasteiger partial charge in [-0.1, -0.05) is 50.9 Å². The van der Waals surface area contributed by atoms with Crippen molar-refractivity contribution in [1.82, 2.24) is 20.4 Å². The lowest BCUT2D eigenvalue weighted by molar-refractivity contribution is 0.414. The summed E-state index contributed by atoms with van der Waals surface area (Å²) >= 11 is 6.82. The average Bonchev–Trinajstić information content (AvgIpc) is 3.37. The lowest BCUT2D eigenvalue weighted by atomic mass is 10.2.